The second-order valence-electron chi connectivity index (χ2n) is 10.2. The average Bonchev–Trinajstić information content (AvgIpc) is 2.97. The third-order valence-electron chi connectivity index (χ3n) is 7.76. The highest BCUT2D eigenvalue weighted by atomic mass is 16.4. The van der Waals surface area contributed by atoms with Crippen molar-refractivity contribution in [1.29, 1.82) is 0 Å². The van der Waals surface area contributed by atoms with Crippen LogP contribution in [0.2, 0.25) is 0 Å². The second kappa shape index (κ2) is 11.7. The van der Waals surface area contributed by atoms with E-state index < -0.39 is 12.0 Å². The highest BCUT2D eigenvalue weighted by molar-refractivity contribution is 5.78. The van der Waals surface area contributed by atoms with Crippen molar-refractivity contribution in [2.24, 2.45) is 4.99 Å². The summed E-state index contributed by atoms with van der Waals surface area (Å²) < 4.78 is 2.01. The van der Waals surface area contributed by atoms with Gasteiger partial charge in [-0.25, -0.2) is 0 Å². The van der Waals surface area contributed by atoms with Crippen LogP contribution in [0.15, 0.2) is 103 Å². The van der Waals surface area contributed by atoms with Gasteiger partial charge in [-0.1, -0.05) is 85.8 Å². The van der Waals surface area contributed by atoms with Gasteiger partial charge >= 0.3 is 5.97 Å². The van der Waals surface area contributed by atoms with Gasteiger partial charge in [0.15, 0.2) is 0 Å². The van der Waals surface area contributed by atoms with Crippen molar-refractivity contribution in [1.82, 2.24) is 9.47 Å². The molecule has 1 N–H and O–H groups in total. The van der Waals surface area contributed by atoms with E-state index in [9.17, 15) is 9.90 Å². The first-order chi connectivity index (χ1) is 19.0. The minimum absolute atomic E-state index is 0.395. The van der Waals surface area contributed by atoms with Crippen LogP contribution in [0, 0.1) is 6.92 Å². The molecule has 5 nitrogen and oxygen atoms in total. The van der Waals surface area contributed by atoms with Gasteiger partial charge in [0.2, 0.25) is 0 Å². The molecule has 1 saturated heterocycles. The fourth-order valence-electron chi connectivity index (χ4n) is 5.57. The van der Waals surface area contributed by atoms with Crippen LogP contribution in [0.1, 0.15) is 36.0 Å². The Morgan fingerprint density at radius 1 is 0.949 bits per heavy atom. The molecule has 4 aromatic rings. The van der Waals surface area contributed by atoms with Gasteiger partial charge < -0.3 is 9.67 Å². The SMILES string of the molecule is C=C(c1ccc(CN2CCCCC2C(=O)O)cc1)n1ccc(-c2cccc(-c3ccccc3)c2C)cc1=NC. The molecule has 5 heteroatoms. The lowest BCUT2D eigenvalue weighted by Gasteiger charge is -2.32. The van der Waals surface area contributed by atoms with E-state index in [4.69, 9.17) is 0 Å². The molecule has 0 radical (unpaired) electrons. The van der Waals surface area contributed by atoms with Crippen molar-refractivity contribution in [2.45, 2.75) is 38.8 Å². The van der Waals surface area contributed by atoms with Crippen LogP contribution >= 0.6 is 0 Å². The summed E-state index contributed by atoms with van der Waals surface area (Å²) in [5.41, 5.74) is 9.72. The van der Waals surface area contributed by atoms with Gasteiger partial charge in [-0.15, -0.1) is 0 Å². The van der Waals surface area contributed by atoms with E-state index >= 15 is 0 Å². The zero-order valence-corrected chi connectivity index (χ0v) is 22.7. The quantitative estimate of drug-likeness (QED) is 0.300. The van der Waals surface area contributed by atoms with Crippen molar-refractivity contribution in [2.75, 3.05) is 13.6 Å². The molecule has 0 spiro atoms. The molecule has 1 atom stereocenters. The summed E-state index contributed by atoms with van der Waals surface area (Å²) in [5, 5.41) is 9.59. The van der Waals surface area contributed by atoms with Gasteiger partial charge in [0.05, 0.1) is 0 Å². The molecular formula is C34H35N3O2. The Balaban J connectivity index is 1.38. The lowest BCUT2D eigenvalue weighted by Crippen LogP contribution is -2.43. The number of nitrogens with zero attached hydrogens (tertiary/aromatic N) is 3. The van der Waals surface area contributed by atoms with Gasteiger partial charge in [-0.3, -0.25) is 14.7 Å². The molecule has 0 bridgehead atoms. The van der Waals surface area contributed by atoms with E-state index in [0.29, 0.717) is 6.54 Å². The highest BCUT2D eigenvalue weighted by Crippen LogP contribution is 2.31. The number of hydrogen-bond donors (Lipinski definition) is 1. The Morgan fingerprint density at radius 3 is 2.36 bits per heavy atom. The number of likely N-dealkylation sites (tertiary alicyclic amines) is 1. The van der Waals surface area contributed by atoms with Gasteiger partial charge in [0, 0.05) is 25.5 Å². The molecule has 1 unspecified atom stereocenters. The van der Waals surface area contributed by atoms with Gasteiger partial charge in [-0.05, 0) is 77.4 Å². The van der Waals surface area contributed by atoms with Crippen molar-refractivity contribution in [3.8, 4) is 22.3 Å². The molecule has 3 aromatic carbocycles. The Bertz CT molecular complexity index is 1550. The minimum Gasteiger partial charge on any atom is -0.480 e. The molecule has 0 aliphatic carbocycles. The number of carboxylic acids is 1. The number of aromatic nitrogens is 1. The molecule has 1 fully saturated rings. The number of pyridine rings is 1. The summed E-state index contributed by atoms with van der Waals surface area (Å²) >= 11 is 0. The van der Waals surface area contributed by atoms with E-state index in [1.165, 1.54) is 22.3 Å². The van der Waals surface area contributed by atoms with Crippen LogP contribution in [-0.4, -0.2) is 40.2 Å². The summed E-state index contributed by atoms with van der Waals surface area (Å²) in [4.78, 5) is 18.3. The molecular weight excluding hydrogens is 482 g/mol. The first kappa shape index (κ1) is 26.4. The van der Waals surface area contributed by atoms with Crippen molar-refractivity contribution in [3.05, 3.63) is 120 Å². The molecule has 39 heavy (non-hydrogen) atoms. The zero-order valence-electron chi connectivity index (χ0n) is 22.7. The van der Waals surface area contributed by atoms with Gasteiger partial charge in [0.25, 0.3) is 0 Å². The average molecular weight is 518 g/mol. The van der Waals surface area contributed by atoms with E-state index in [2.05, 4.69) is 102 Å². The van der Waals surface area contributed by atoms with Crippen molar-refractivity contribution in [3.63, 3.8) is 0 Å². The number of piperidine rings is 1. The van der Waals surface area contributed by atoms with E-state index in [1.807, 2.05) is 16.8 Å². The maximum Gasteiger partial charge on any atom is 0.320 e. The number of rotatable bonds is 7. The van der Waals surface area contributed by atoms with Crippen LogP contribution < -0.4 is 5.49 Å². The van der Waals surface area contributed by atoms with E-state index in [0.717, 1.165) is 53.7 Å². The normalized spacial score (nSPS) is 16.3. The Morgan fingerprint density at radius 2 is 1.67 bits per heavy atom. The summed E-state index contributed by atoms with van der Waals surface area (Å²) in [6.45, 7) is 8.01. The largest absolute Gasteiger partial charge is 0.480 e. The molecule has 5 rings (SSSR count). The van der Waals surface area contributed by atoms with Gasteiger partial charge in [0.1, 0.15) is 11.5 Å². The minimum atomic E-state index is -0.725. The van der Waals surface area contributed by atoms with Crippen LogP contribution in [-0.2, 0) is 11.3 Å². The van der Waals surface area contributed by atoms with Crippen molar-refractivity contribution >= 4 is 11.7 Å². The highest BCUT2D eigenvalue weighted by Gasteiger charge is 2.28. The third-order valence-corrected chi connectivity index (χ3v) is 7.76. The fourth-order valence-corrected chi connectivity index (χ4v) is 5.57. The van der Waals surface area contributed by atoms with E-state index in [1.54, 1.807) is 7.05 Å². The zero-order chi connectivity index (χ0) is 27.4. The molecule has 0 amide bonds. The molecule has 2 heterocycles. The standard InChI is InChI=1S/C34H35N3O2/c1-24-30(28-10-5-4-6-11-28)12-9-13-31(24)29-19-21-37(33(22-29)35-3)25(2)27-17-15-26(16-18-27)23-36-20-8-7-14-32(36)34(38)39/h4-6,9-13,15-19,21-22,32H,2,7-8,14,20,23H2,1,3H3,(H,38,39). The molecule has 0 saturated carbocycles. The summed E-state index contributed by atoms with van der Waals surface area (Å²) in [6, 6.07) is 29.0. The number of carbonyl (C=O) groups is 1. The summed E-state index contributed by atoms with van der Waals surface area (Å²) in [7, 11) is 1.80. The fraction of sp³-hybridized carbons (Fsp3) is 0.235. The molecule has 1 aromatic heterocycles. The number of aliphatic carboxylic acids is 1. The maximum atomic E-state index is 11.7. The topological polar surface area (TPSA) is 57.8 Å². The van der Waals surface area contributed by atoms with Crippen LogP contribution in [0.25, 0.3) is 28.0 Å². The summed E-state index contributed by atoms with van der Waals surface area (Å²) in [6.07, 6.45) is 4.78. The Hall–Kier alpha value is -4.22. The molecule has 198 valence electrons. The maximum absolute atomic E-state index is 11.7. The van der Waals surface area contributed by atoms with Gasteiger partial charge in [-0.2, -0.15) is 0 Å². The monoisotopic (exact) mass is 517 g/mol. The van der Waals surface area contributed by atoms with E-state index in [-0.39, 0.29) is 0 Å². The first-order valence-electron chi connectivity index (χ1n) is 13.5. The smallest absolute Gasteiger partial charge is 0.320 e. The summed E-state index contributed by atoms with van der Waals surface area (Å²) in [5.74, 6) is -0.725. The predicted molar refractivity (Wildman–Crippen MR) is 158 cm³/mol. The second-order valence-corrected chi connectivity index (χ2v) is 10.2. The molecule has 1 aliphatic rings. The van der Waals surface area contributed by atoms with Crippen LogP contribution in [0.4, 0.5) is 0 Å². The first-order valence-corrected chi connectivity index (χ1v) is 13.5. The Labute approximate surface area is 230 Å². The van der Waals surface area contributed by atoms with Crippen molar-refractivity contribution < 1.29 is 9.90 Å². The number of carboxylic acid groups (broad SMARTS) is 1. The lowest BCUT2D eigenvalue weighted by molar-refractivity contribution is -0.144. The third kappa shape index (κ3) is 5.64. The molecule has 1 aliphatic heterocycles. The number of hydrogen-bond acceptors (Lipinski definition) is 3. The Kier molecular flexibility index (Phi) is 7.89. The lowest BCUT2D eigenvalue weighted by atomic mass is 9.93. The van der Waals surface area contributed by atoms with Crippen LogP contribution in [0.5, 0.6) is 0 Å². The van der Waals surface area contributed by atoms with Crippen LogP contribution in [0.3, 0.4) is 0 Å². The predicted octanol–water partition coefficient (Wildman–Crippen LogP) is 6.62. The number of benzene rings is 3.